The van der Waals surface area contributed by atoms with Gasteiger partial charge in [0.15, 0.2) is 0 Å². The standard InChI is InChI=1S/C14H10ClFN2O3/c1-8-6-9(2-5-13(8)18(20)21)14(19)17-12-4-3-10(16)7-11(12)15/h2-7H,1H3,(H,17,19). The number of nitro benzene ring substituents is 1. The topological polar surface area (TPSA) is 72.2 Å². The Morgan fingerprint density at radius 2 is 2.00 bits per heavy atom. The minimum absolute atomic E-state index is 0.0636. The van der Waals surface area contributed by atoms with Crippen molar-refractivity contribution < 1.29 is 14.1 Å². The number of nitro groups is 1. The van der Waals surface area contributed by atoms with Crippen molar-refractivity contribution in [2.45, 2.75) is 6.92 Å². The van der Waals surface area contributed by atoms with Crippen LogP contribution >= 0.6 is 11.6 Å². The highest BCUT2D eigenvalue weighted by atomic mass is 35.5. The Balaban J connectivity index is 2.24. The van der Waals surface area contributed by atoms with Gasteiger partial charge in [-0.25, -0.2) is 4.39 Å². The molecule has 0 heterocycles. The summed E-state index contributed by atoms with van der Waals surface area (Å²) < 4.78 is 12.9. The molecule has 0 aliphatic carbocycles. The molecule has 0 saturated carbocycles. The van der Waals surface area contributed by atoms with E-state index in [0.29, 0.717) is 5.56 Å². The minimum Gasteiger partial charge on any atom is -0.321 e. The van der Waals surface area contributed by atoms with E-state index in [-0.39, 0.29) is 22.0 Å². The fraction of sp³-hybridized carbons (Fsp3) is 0.0714. The molecular formula is C14H10ClFN2O3. The molecule has 1 amide bonds. The zero-order valence-electron chi connectivity index (χ0n) is 10.9. The maximum Gasteiger partial charge on any atom is 0.272 e. The highest BCUT2D eigenvalue weighted by Gasteiger charge is 2.14. The molecule has 2 aromatic rings. The van der Waals surface area contributed by atoms with Gasteiger partial charge in [-0.05, 0) is 37.3 Å². The Morgan fingerprint density at radius 3 is 2.57 bits per heavy atom. The molecular weight excluding hydrogens is 299 g/mol. The summed E-state index contributed by atoms with van der Waals surface area (Å²) in [6.07, 6.45) is 0. The summed E-state index contributed by atoms with van der Waals surface area (Å²) in [6, 6.07) is 7.61. The van der Waals surface area contributed by atoms with Crippen LogP contribution in [0.5, 0.6) is 0 Å². The molecule has 108 valence electrons. The van der Waals surface area contributed by atoms with Crippen molar-refractivity contribution in [3.8, 4) is 0 Å². The lowest BCUT2D eigenvalue weighted by atomic mass is 10.1. The lowest BCUT2D eigenvalue weighted by Gasteiger charge is -2.08. The number of carbonyl (C=O) groups excluding carboxylic acids is 1. The summed E-state index contributed by atoms with van der Waals surface area (Å²) in [5.41, 5.74) is 0.821. The van der Waals surface area contributed by atoms with Gasteiger partial charge in [0.25, 0.3) is 11.6 Å². The third-order valence-electron chi connectivity index (χ3n) is 2.84. The Kier molecular flexibility index (Phi) is 4.18. The van der Waals surface area contributed by atoms with E-state index in [0.717, 1.165) is 6.07 Å². The fourth-order valence-electron chi connectivity index (χ4n) is 1.79. The smallest absolute Gasteiger partial charge is 0.272 e. The Morgan fingerprint density at radius 1 is 1.29 bits per heavy atom. The molecule has 21 heavy (non-hydrogen) atoms. The number of nitrogens with one attached hydrogen (secondary N) is 1. The van der Waals surface area contributed by atoms with Crippen LogP contribution in [0.3, 0.4) is 0 Å². The lowest BCUT2D eigenvalue weighted by molar-refractivity contribution is -0.385. The predicted molar refractivity (Wildman–Crippen MR) is 77.2 cm³/mol. The number of rotatable bonds is 3. The van der Waals surface area contributed by atoms with Gasteiger partial charge in [-0.15, -0.1) is 0 Å². The van der Waals surface area contributed by atoms with Gasteiger partial charge in [-0.1, -0.05) is 11.6 Å². The van der Waals surface area contributed by atoms with E-state index in [2.05, 4.69) is 5.32 Å². The van der Waals surface area contributed by atoms with Crippen LogP contribution < -0.4 is 5.32 Å². The van der Waals surface area contributed by atoms with E-state index < -0.39 is 16.6 Å². The average molecular weight is 309 g/mol. The second-order valence-corrected chi connectivity index (χ2v) is 4.74. The Labute approximate surface area is 124 Å². The molecule has 0 aliphatic heterocycles. The van der Waals surface area contributed by atoms with E-state index in [1.165, 1.54) is 30.3 Å². The third kappa shape index (κ3) is 3.35. The molecule has 0 fully saturated rings. The van der Waals surface area contributed by atoms with Gasteiger partial charge in [0.2, 0.25) is 0 Å². The quantitative estimate of drug-likeness (QED) is 0.689. The number of benzene rings is 2. The summed E-state index contributed by atoms with van der Waals surface area (Å²) in [5, 5.41) is 13.3. The highest BCUT2D eigenvalue weighted by Crippen LogP contribution is 2.24. The van der Waals surface area contributed by atoms with Crippen molar-refractivity contribution in [1.29, 1.82) is 0 Å². The number of amides is 1. The normalized spacial score (nSPS) is 10.2. The maximum absolute atomic E-state index is 12.9. The molecule has 7 heteroatoms. The summed E-state index contributed by atoms with van der Waals surface area (Å²) in [4.78, 5) is 22.3. The molecule has 5 nitrogen and oxygen atoms in total. The number of aryl methyl sites for hydroxylation is 1. The van der Waals surface area contributed by atoms with Gasteiger partial charge >= 0.3 is 0 Å². The zero-order valence-corrected chi connectivity index (χ0v) is 11.6. The number of hydrogen-bond donors (Lipinski definition) is 1. The molecule has 0 aromatic heterocycles. The van der Waals surface area contributed by atoms with E-state index >= 15 is 0 Å². The van der Waals surface area contributed by atoms with E-state index in [9.17, 15) is 19.3 Å². The van der Waals surface area contributed by atoms with Gasteiger partial charge in [0.05, 0.1) is 15.6 Å². The summed E-state index contributed by atoms with van der Waals surface area (Å²) in [5.74, 6) is -0.995. The molecule has 2 aromatic carbocycles. The fourth-order valence-corrected chi connectivity index (χ4v) is 2.00. The Bertz CT molecular complexity index is 734. The van der Waals surface area contributed by atoms with Gasteiger partial charge in [-0.3, -0.25) is 14.9 Å². The van der Waals surface area contributed by atoms with E-state index in [4.69, 9.17) is 11.6 Å². The van der Waals surface area contributed by atoms with Crippen LogP contribution in [0.25, 0.3) is 0 Å². The van der Waals surface area contributed by atoms with Gasteiger partial charge in [0.1, 0.15) is 5.82 Å². The van der Waals surface area contributed by atoms with Crippen molar-refractivity contribution in [3.63, 3.8) is 0 Å². The second-order valence-electron chi connectivity index (χ2n) is 4.34. The minimum atomic E-state index is -0.520. The number of hydrogen-bond acceptors (Lipinski definition) is 3. The largest absolute Gasteiger partial charge is 0.321 e. The number of nitrogens with zero attached hydrogens (tertiary/aromatic N) is 1. The van der Waals surface area contributed by atoms with Crippen molar-refractivity contribution in [3.05, 3.63) is 68.5 Å². The molecule has 0 spiro atoms. The molecule has 2 rings (SSSR count). The van der Waals surface area contributed by atoms with Gasteiger partial charge < -0.3 is 5.32 Å². The average Bonchev–Trinajstić information content (AvgIpc) is 2.41. The van der Waals surface area contributed by atoms with Crippen LogP contribution in [0.15, 0.2) is 36.4 Å². The van der Waals surface area contributed by atoms with Crippen LogP contribution in [-0.4, -0.2) is 10.8 Å². The van der Waals surface area contributed by atoms with Gasteiger partial charge in [0, 0.05) is 17.2 Å². The SMILES string of the molecule is Cc1cc(C(=O)Nc2ccc(F)cc2Cl)ccc1[N+](=O)[O-]. The lowest BCUT2D eigenvalue weighted by Crippen LogP contribution is -2.12. The third-order valence-corrected chi connectivity index (χ3v) is 3.15. The highest BCUT2D eigenvalue weighted by molar-refractivity contribution is 6.33. The number of halogens is 2. The van der Waals surface area contributed by atoms with Crippen LogP contribution in [0, 0.1) is 22.9 Å². The number of anilines is 1. The van der Waals surface area contributed by atoms with Crippen LogP contribution in [-0.2, 0) is 0 Å². The summed E-state index contributed by atoms with van der Waals surface area (Å²) in [7, 11) is 0. The van der Waals surface area contributed by atoms with Crippen LogP contribution in [0.1, 0.15) is 15.9 Å². The van der Waals surface area contributed by atoms with E-state index in [1.807, 2.05) is 0 Å². The molecule has 0 aliphatic rings. The molecule has 0 unspecified atom stereocenters. The monoisotopic (exact) mass is 308 g/mol. The maximum atomic E-state index is 12.9. The predicted octanol–water partition coefficient (Wildman–Crippen LogP) is 3.95. The van der Waals surface area contributed by atoms with E-state index in [1.54, 1.807) is 6.92 Å². The first-order valence-corrected chi connectivity index (χ1v) is 6.27. The second kappa shape index (κ2) is 5.88. The summed E-state index contributed by atoms with van der Waals surface area (Å²) >= 11 is 5.82. The van der Waals surface area contributed by atoms with Crippen molar-refractivity contribution in [2.75, 3.05) is 5.32 Å². The Hall–Kier alpha value is -2.47. The molecule has 0 atom stereocenters. The molecule has 0 radical (unpaired) electrons. The van der Waals surface area contributed by atoms with Crippen molar-refractivity contribution in [2.24, 2.45) is 0 Å². The molecule has 0 bridgehead atoms. The first kappa shape index (κ1) is 14.9. The van der Waals surface area contributed by atoms with Crippen LogP contribution in [0.4, 0.5) is 15.8 Å². The first-order chi connectivity index (χ1) is 9.88. The first-order valence-electron chi connectivity index (χ1n) is 5.90. The van der Waals surface area contributed by atoms with Crippen LogP contribution in [0.2, 0.25) is 5.02 Å². The molecule has 1 N–H and O–H groups in total. The van der Waals surface area contributed by atoms with Crippen molar-refractivity contribution in [1.82, 2.24) is 0 Å². The summed E-state index contributed by atoms with van der Waals surface area (Å²) in [6.45, 7) is 1.54. The van der Waals surface area contributed by atoms with Gasteiger partial charge in [-0.2, -0.15) is 0 Å². The molecule has 0 saturated heterocycles. The van der Waals surface area contributed by atoms with Crippen molar-refractivity contribution >= 4 is 28.9 Å². The zero-order chi connectivity index (χ0) is 15.6. The number of carbonyl (C=O) groups is 1.